The lowest BCUT2D eigenvalue weighted by Gasteiger charge is -2.16. The topological polar surface area (TPSA) is 77.3 Å². The highest BCUT2D eigenvalue weighted by Crippen LogP contribution is 2.20. The van der Waals surface area contributed by atoms with Crippen LogP contribution in [0.15, 0.2) is 34.7 Å². The number of aromatic nitrogens is 3. The zero-order valence-electron chi connectivity index (χ0n) is 11.2. The van der Waals surface area contributed by atoms with Crippen molar-refractivity contribution in [2.75, 3.05) is 13.1 Å². The third-order valence-electron chi connectivity index (χ3n) is 3.25. The van der Waals surface area contributed by atoms with Gasteiger partial charge < -0.3 is 9.64 Å². The predicted octanol–water partition coefficient (Wildman–Crippen LogP) is 0.380. The maximum absolute atomic E-state index is 12.2. The van der Waals surface area contributed by atoms with Gasteiger partial charge in [-0.3, -0.25) is 9.59 Å². The molecule has 0 N–H and O–H groups in total. The van der Waals surface area contributed by atoms with Crippen molar-refractivity contribution in [3.63, 3.8) is 0 Å². The van der Waals surface area contributed by atoms with Gasteiger partial charge in [0.05, 0.1) is 6.54 Å². The first-order chi connectivity index (χ1) is 10.2. The van der Waals surface area contributed by atoms with E-state index >= 15 is 0 Å². The number of thiazole rings is 1. The van der Waals surface area contributed by atoms with Crippen molar-refractivity contribution in [2.24, 2.45) is 0 Å². The van der Waals surface area contributed by atoms with E-state index < -0.39 is 0 Å². The molecule has 8 heteroatoms. The highest BCUT2D eigenvalue weighted by Gasteiger charge is 2.28. The van der Waals surface area contributed by atoms with Crippen molar-refractivity contribution in [1.29, 1.82) is 0 Å². The van der Waals surface area contributed by atoms with E-state index in [2.05, 4.69) is 10.1 Å². The van der Waals surface area contributed by atoms with Crippen LogP contribution in [0.25, 0.3) is 0 Å². The summed E-state index contributed by atoms with van der Waals surface area (Å²) in [7, 11) is 0. The molecule has 1 unspecified atom stereocenters. The summed E-state index contributed by atoms with van der Waals surface area (Å²) in [6.07, 6.45) is 3.90. The van der Waals surface area contributed by atoms with Crippen LogP contribution in [0, 0.1) is 0 Å². The largest absolute Gasteiger partial charge is 0.465 e. The molecule has 0 saturated carbocycles. The summed E-state index contributed by atoms with van der Waals surface area (Å²) in [6.45, 7) is 1.10. The molecule has 1 aliphatic rings. The third-order valence-corrected chi connectivity index (χ3v) is 3.91. The number of carbonyl (C=O) groups is 1. The summed E-state index contributed by atoms with van der Waals surface area (Å²) in [5.74, 6) is -0.124. The molecule has 3 heterocycles. The molecule has 1 fully saturated rings. The second kappa shape index (κ2) is 6.04. The number of rotatable bonds is 4. The predicted molar refractivity (Wildman–Crippen MR) is 76.2 cm³/mol. The van der Waals surface area contributed by atoms with Crippen LogP contribution in [0.3, 0.4) is 0 Å². The molecule has 21 heavy (non-hydrogen) atoms. The van der Waals surface area contributed by atoms with Crippen LogP contribution in [-0.2, 0) is 11.3 Å². The average Bonchev–Trinajstić information content (AvgIpc) is 3.13. The standard InChI is InChI=1S/C13H14N4O3S/c18-11-2-1-4-15-17(11)9-12(19)16-6-3-10(8-16)20-13-14-5-7-21-13/h1-2,4-5,7,10H,3,6,8-9H2. The van der Waals surface area contributed by atoms with Gasteiger partial charge in [0.15, 0.2) is 0 Å². The summed E-state index contributed by atoms with van der Waals surface area (Å²) >= 11 is 1.43. The van der Waals surface area contributed by atoms with E-state index in [0.29, 0.717) is 18.3 Å². The first-order valence-corrected chi connectivity index (χ1v) is 7.46. The van der Waals surface area contributed by atoms with Crippen molar-refractivity contribution in [3.8, 4) is 5.19 Å². The Morgan fingerprint density at radius 3 is 3.14 bits per heavy atom. The Bertz CT molecular complexity index is 670. The van der Waals surface area contributed by atoms with E-state index in [4.69, 9.17) is 4.74 Å². The summed E-state index contributed by atoms with van der Waals surface area (Å²) in [5.41, 5.74) is -0.277. The van der Waals surface area contributed by atoms with Crippen molar-refractivity contribution < 1.29 is 9.53 Å². The third kappa shape index (κ3) is 3.27. The lowest BCUT2D eigenvalue weighted by Crippen LogP contribution is -2.36. The number of nitrogens with zero attached hydrogens (tertiary/aromatic N) is 4. The Kier molecular flexibility index (Phi) is 3.96. The normalized spacial score (nSPS) is 17.9. The van der Waals surface area contributed by atoms with Crippen LogP contribution >= 0.6 is 11.3 Å². The van der Waals surface area contributed by atoms with E-state index in [-0.39, 0.29) is 24.1 Å². The van der Waals surface area contributed by atoms with Crippen molar-refractivity contribution in [1.82, 2.24) is 19.7 Å². The van der Waals surface area contributed by atoms with Gasteiger partial charge in [-0.15, -0.1) is 0 Å². The molecular formula is C13H14N4O3S. The fraction of sp³-hybridized carbons (Fsp3) is 0.385. The lowest BCUT2D eigenvalue weighted by molar-refractivity contribution is -0.131. The number of carbonyl (C=O) groups excluding carboxylic acids is 1. The van der Waals surface area contributed by atoms with Crippen molar-refractivity contribution in [3.05, 3.63) is 40.3 Å². The molecule has 0 radical (unpaired) electrons. The quantitative estimate of drug-likeness (QED) is 0.816. The number of hydrogen-bond donors (Lipinski definition) is 0. The molecule has 7 nitrogen and oxygen atoms in total. The van der Waals surface area contributed by atoms with Crippen LogP contribution < -0.4 is 10.3 Å². The molecule has 0 spiro atoms. The summed E-state index contributed by atoms with van der Waals surface area (Å²) in [5, 5.41) is 6.36. The van der Waals surface area contributed by atoms with E-state index in [1.807, 2.05) is 5.38 Å². The van der Waals surface area contributed by atoms with Crippen molar-refractivity contribution >= 4 is 17.2 Å². The second-order valence-electron chi connectivity index (χ2n) is 4.69. The Balaban J connectivity index is 1.57. The molecule has 0 aliphatic carbocycles. The van der Waals surface area contributed by atoms with Crippen molar-refractivity contribution in [2.45, 2.75) is 19.1 Å². The number of amides is 1. The molecule has 3 rings (SSSR count). The van der Waals surface area contributed by atoms with Gasteiger partial charge in [0.25, 0.3) is 10.8 Å². The fourth-order valence-corrected chi connectivity index (χ4v) is 2.75. The highest BCUT2D eigenvalue weighted by atomic mass is 32.1. The molecule has 0 bridgehead atoms. The second-order valence-corrected chi connectivity index (χ2v) is 5.54. The minimum atomic E-state index is -0.277. The van der Waals surface area contributed by atoms with Crippen LogP contribution in [-0.4, -0.2) is 44.8 Å². The van der Waals surface area contributed by atoms with Gasteiger partial charge in [0.2, 0.25) is 5.91 Å². The van der Waals surface area contributed by atoms with E-state index in [1.165, 1.54) is 23.6 Å². The highest BCUT2D eigenvalue weighted by molar-refractivity contribution is 7.11. The molecule has 1 amide bonds. The minimum Gasteiger partial charge on any atom is -0.465 e. The zero-order chi connectivity index (χ0) is 14.7. The zero-order valence-corrected chi connectivity index (χ0v) is 12.0. The maximum atomic E-state index is 12.2. The number of likely N-dealkylation sites (tertiary alicyclic amines) is 1. The minimum absolute atomic E-state index is 0.0381. The Morgan fingerprint density at radius 2 is 2.38 bits per heavy atom. The van der Waals surface area contributed by atoms with E-state index in [1.54, 1.807) is 17.2 Å². The fourth-order valence-electron chi connectivity index (χ4n) is 2.20. The average molecular weight is 306 g/mol. The van der Waals surface area contributed by atoms with Gasteiger partial charge in [-0.2, -0.15) is 5.10 Å². The lowest BCUT2D eigenvalue weighted by atomic mass is 10.3. The van der Waals surface area contributed by atoms with Crippen LogP contribution in [0.1, 0.15) is 6.42 Å². The SMILES string of the molecule is O=C(Cn1ncccc1=O)N1CCC(Oc2nccs2)C1. The Morgan fingerprint density at radius 1 is 1.48 bits per heavy atom. The monoisotopic (exact) mass is 306 g/mol. The van der Waals surface area contributed by atoms with Gasteiger partial charge in [0, 0.05) is 36.8 Å². The number of ether oxygens (including phenoxy) is 1. The smallest absolute Gasteiger partial charge is 0.273 e. The van der Waals surface area contributed by atoms with Crippen LogP contribution in [0.4, 0.5) is 0 Å². The number of hydrogen-bond acceptors (Lipinski definition) is 6. The summed E-state index contributed by atoms with van der Waals surface area (Å²) < 4.78 is 6.86. The Hall–Kier alpha value is -2.22. The molecule has 0 aromatic carbocycles. The molecule has 2 aromatic rings. The Labute approximate surface area is 124 Å². The molecule has 1 saturated heterocycles. The first kappa shape index (κ1) is 13.7. The van der Waals surface area contributed by atoms with Gasteiger partial charge in [-0.25, -0.2) is 9.67 Å². The van der Waals surface area contributed by atoms with Gasteiger partial charge in [-0.05, 0) is 6.07 Å². The van der Waals surface area contributed by atoms with Crippen LogP contribution in [0.2, 0.25) is 0 Å². The first-order valence-electron chi connectivity index (χ1n) is 6.58. The molecule has 1 aliphatic heterocycles. The molecule has 1 atom stereocenters. The van der Waals surface area contributed by atoms with Crippen LogP contribution in [0.5, 0.6) is 5.19 Å². The molecule has 110 valence electrons. The van der Waals surface area contributed by atoms with E-state index in [0.717, 1.165) is 11.1 Å². The van der Waals surface area contributed by atoms with Gasteiger partial charge >= 0.3 is 0 Å². The molecule has 2 aromatic heterocycles. The van der Waals surface area contributed by atoms with Gasteiger partial charge in [-0.1, -0.05) is 11.3 Å². The maximum Gasteiger partial charge on any atom is 0.273 e. The summed E-state index contributed by atoms with van der Waals surface area (Å²) in [4.78, 5) is 29.5. The van der Waals surface area contributed by atoms with E-state index in [9.17, 15) is 9.59 Å². The summed E-state index contributed by atoms with van der Waals surface area (Å²) in [6, 6.07) is 2.94. The molecular weight excluding hydrogens is 292 g/mol. The van der Waals surface area contributed by atoms with Gasteiger partial charge in [0.1, 0.15) is 12.6 Å².